The molecule has 0 spiro atoms. The largest absolute Gasteiger partial charge is 0.388 e. The van der Waals surface area contributed by atoms with Crippen molar-refractivity contribution in [1.82, 2.24) is 20.0 Å². The maximum Gasteiger partial charge on any atom is 0.317 e. The van der Waals surface area contributed by atoms with Crippen LogP contribution < -0.4 is 5.32 Å². The molecule has 0 aliphatic carbocycles. The minimum atomic E-state index is -0.451. The van der Waals surface area contributed by atoms with Crippen molar-refractivity contribution in [3.63, 3.8) is 0 Å². The topological polar surface area (TPSA) is 70.4 Å². The second-order valence-corrected chi connectivity index (χ2v) is 7.43. The van der Waals surface area contributed by atoms with E-state index in [1.54, 1.807) is 0 Å². The summed E-state index contributed by atoms with van der Waals surface area (Å²) in [5.41, 5.74) is 4.35. The minimum Gasteiger partial charge on any atom is -0.388 e. The van der Waals surface area contributed by atoms with Crippen molar-refractivity contribution in [1.29, 1.82) is 0 Å². The number of benzene rings is 1. The lowest BCUT2D eigenvalue weighted by atomic mass is 9.87. The Hall–Kier alpha value is -2.34. The molecule has 1 aromatic heterocycles. The van der Waals surface area contributed by atoms with Crippen molar-refractivity contribution < 1.29 is 9.90 Å². The zero-order valence-corrected chi connectivity index (χ0v) is 16.5. The average molecular weight is 370 g/mol. The number of rotatable bonds is 5. The monoisotopic (exact) mass is 370 g/mol. The first-order valence-corrected chi connectivity index (χ1v) is 9.72. The molecule has 1 fully saturated rings. The third kappa shape index (κ3) is 4.50. The number of hydrogen-bond acceptors (Lipinski definition) is 3. The molecule has 1 atom stereocenters. The molecule has 27 heavy (non-hydrogen) atoms. The van der Waals surface area contributed by atoms with Crippen molar-refractivity contribution in [3.8, 4) is 0 Å². The highest BCUT2D eigenvalue weighted by Crippen LogP contribution is 2.30. The Labute approximate surface area is 161 Å². The molecule has 2 N–H and O–H groups in total. The minimum absolute atomic E-state index is 0.0122. The predicted molar refractivity (Wildman–Crippen MR) is 105 cm³/mol. The van der Waals surface area contributed by atoms with Gasteiger partial charge in [0, 0.05) is 32.4 Å². The molecule has 0 saturated carbocycles. The Morgan fingerprint density at radius 3 is 2.52 bits per heavy atom. The van der Waals surface area contributed by atoms with Gasteiger partial charge in [0.2, 0.25) is 0 Å². The van der Waals surface area contributed by atoms with E-state index in [2.05, 4.69) is 17.3 Å². The van der Waals surface area contributed by atoms with Gasteiger partial charge in [-0.2, -0.15) is 5.10 Å². The number of likely N-dealkylation sites (tertiary alicyclic amines) is 1. The maximum atomic E-state index is 12.4. The molecular weight excluding hydrogens is 340 g/mol. The molecule has 6 nitrogen and oxygen atoms in total. The Balaban J connectivity index is 1.44. The molecule has 3 rings (SSSR count). The Kier molecular flexibility index (Phi) is 6.16. The molecule has 1 aromatic carbocycles. The van der Waals surface area contributed by atoms with Crippen LogP contribution in [0.4, 0.5) is 4.79 Å². The maximum absolute atomic E-state index is 12.4. The van der Waals surface area contributed by atoms with Crippen LogP contribution in [-0.2, 0) is 13.5 Å². The lowest BCUT2D eigenvalue weighted by Crippen LogP contribution is -2.45. The SMILES string of the molecule is Cc1nn(C)c(C)c1CCNC(=O)N1CCC(C(O)c2ccccc2)CC1. The molecule has 1 aliphatic rings. The Morgan fingerprint density at radius 1 is 1.26 bits per heavy atom. The number of hydrogen-bond donors (Lipinski definition) is 2. The molecule has 2 heterocycles. The fourth-order valence-corrected chi connectivity index (χ4v) is 3.93. The molecule has 1 unspecified atom stereocenters. The number of amides is 2. The van der Waals surface area contributed by atoms with E-state index in [9.17, 15) is 9.90 Å². The summed E-state index contributed by atoms with van der Waals surface area (Å²) in [6.45, 7) is 6.04. The number of aryl methyl sites for hydroxylation is 2. The van der Waals surface area contributed by atoms with Gasteiger partial charge in [0.25, 0.3) is 0 Å². The Morgan fingerprint density at radius 2 is 1.93 bits per heavy atom. The zero-order chi connectivity index (χ0) is 19.4. The molecule has 0 bridgehead atoms. The lowest BCUT2D eigenvalue weighted by Gasteiger charge is -2.34. The van der Waals surface area contributed by atoms with Crippen LogP contribution in [0.5, 0.6) is 0 Å². The molecule has 2 aromatic rings. The van der Waals surface area contributed by atoms with Gasteiger partial charge in [-0.25, -0.2) is 4.79 Å². The summed E-state index contributed by atoms with van der Waals surface area (Å²) in [5, 5.41) is 18.0. The van der Waals surface area contributed by atoms with Crippen LogP contribution in [-0.4, -0.2) is 45.5 Å². The molecule has 6 heteroatoms. The quantitative estimate of drug-likeness (QED) is 0.850. The number of piperidine rings is 1. The van der Waals surface area contributed by atoms with Crippen molar-refractivity contribution in [2.75, 3.05) is 19.6 Å². The number of nitrogens with zero attached hydrogens (tertiary/aromatic N) is 3. The van der Waals surface area contributed by atoms with Crippen LogP contribution in [0.25, 0.3) is 0 Å². The van der Waals surface area contributed by atoms with Crippen molar-refractivity contribution >= 4 is 6.03 Å². The highest BCUT2D eigenvalue weighted by Gasteiger charge is 2.28. The summed E-state index contributed by atoms with van der Waals surface area (Å²) in [4.78, 5) is 14.3. The van der Waals surface area contributed by atoms with Gasteiger partial charge in [0.05, 0.1) is 11.8 Å². The van der Waals surface area contributed by atoms with E-state index in [1.165, 1.54) is 5.56 Å². The lowest BCUT2D eigenvalue weighted by molar-refractivity contribution is 0.0666. The van der Waals surface area contributed by atoms with Gasteiger partial charge in [-0.1, -0.05) is 30.3 Å². The first kappa shape index (κ1) is 19.4. The van der Waals surface area contributed by atoms with Gasteiger partial charge in [-0.3, -0.25) is 4.68 Å². The van der Waals surface area contributed by atoms with E-state index >= 15 is 0 Å². The first-order valence-electron chi connectivity index (χ1n) is 9.72. The summed E-state index contributed by atoms with van der Waals surface area (Å²) >= 11 is 0. The smallest absolute Gasteiger partial charge is 0.317 e. The molecule has 1 aliphatic heterocycles. The van der Waals surface area contributed by atoms with Crippen LogP contribution >= 0.6 is 0 Å². The summed E-state index contributed by atoms with van der Waals surface area (Å²) in [7, 11) is 1.94. The van der Waals surface area contributed by atoms with Gasteiger partial charge < -0.3 is 15.3 Å². The molecule has 2 amide bonds. The van der Waals surface area contributed by atoms with Gasteiger partial charge in [0.15, 0.2) is 0 Å². The number of aromatic nitrogens is 2. The summed E-state index contributed by atoms with van der Waals surface area (Å²) < 4.78 is 1.88. The van der Waals surface area contributed by atoms with Crippen LogP contribution in [0, 0.1) is 19.8 Å². The van der Waals surface area contributed by atoms with Crippen molar-refractivity contribution in [2.45, 2.75) is 39.2 Å². The van der Waals surface area contributed by atoms with Crippen LogP contribution in [0.1, 0.15) is 41.5 Å². The molecule has 146 valence electrons. The zero-order valence-electron chi connectivity index (χ0n) is 16.5. The summed E-state index contributed by atoms with van der Waals surface area (Å²) in [6.07, 6.45) is 1.99. The Bertz CT molecular complexity index is 764. The van der Waals surface area contributed by atoms with Crippen LogP contribution in [0.15, 0.2) is 30.3 Å². The van der Waals surface area contributed by atoms with Crippen LogP contribution in [0.2, 0.25) is 0 Å². The number of carbonyl (C=O) groups excluding carboxylic acids is 1. The fourth-order valence-electron chi connectivity index (χ4n) is 3.93. The van der Waals surface area contributed by atoms with Gasteiger partial charge in [-0.15, -0.1) is 0 Å². The van der Waals surface area contributed by atoms with E-state index in [-0.39, 0.29) is 11.9 Å². The average Bonchev–Trinajstić information content (AvgIpc) is 2.94. The number of aliphatic hydroxyl groups is 1. The third-order valence-corrected chi connectivity index (χ3v) is 5.72. The number of carbonyl (C=O) groups is 1. The van der Waals surface area contributed by atoms with Crippen molar-refractivity contribution in [3.05, 3.63) is 52.8 Å². The van der Waals surface area contributed by atoms with Gasteiger partial charge in [0.1, 0.15) is 0 Å². The molecule has 0 radical (unpaired) electrons. The fraction of sp³-hybridized carbons (Fsp3) is 0.524. The van der Waals surface area contributed by atoms with E-state index < -0.39 is 6.10 Å². The van der Waals surface area contributed by atoms with E-state index in [0.717, 1.165) is 36.2 Å². The normalized spacial score (nSPS) is 16.4. The predicted octanol–water partition coefficient (Wildman–Crippen LogP) is 2.73. The second kappa shape index (κ2) is 8.57. The van der Waals surface area contributed by atoms with E-state index in [4.69, 9.17) is 0 Å². The molecule has 1 saturated heterocycles. The van der Waals surface area contributed by atoms with E-state index in [0.29, 0.717) is 19.6 Å². The summed E-state index contributed by atoms with van der Waals surface area (Å²) in [6, 6.07) is 9.78. The van der Waals surface area contributed by atoms with E-state index in [1.807, 2.05) is 53.9 Å². The highest BCUT2D eigenvalue weighted by molar-refractivity contribution is 5.74. The highest BCUT2D eigenvalue weighted by atomic mass is 16.3. The van der Waals surface area contributed by atoms with Crippen LogP contribution in [0.3, 0.4) is 0 Å². The van der Waals surface area contributed by atoms with Gasteiger partial charge in [-0.05, 0) is 50.2 Å². The first-order chi connectivity index (χ1) is 13.0. The van der Waals surface area contributed by atoms with Crippen molar-refractivity contribution in [2.24, 2.45) is 13.0 Å². The summed E-state index contributed by atoms with van der Waals surface area (Å²) in [5.74, 6) is 0.206. The van der Waals surface area contributed by atoms with Gasteiger partial charge >= 0.3 is 6.03 Å². The number of urea groups is 1. The number of nitrogens with one attached hydrogen (secondary N) is 1. The number of aliphatic hydroxyl groups excluding tert-OH is 1. The standard InChI is InChI=1S/C21H30N4O2/c1-15-19(16(2)24(3)23-15)9-12-22-21(27)25-13-10-18(11-14-25)20(26)17-7-5-4-6-8-17/h4-8,18,20,26H,9-14H2,1-3H3,(H,22,27). The third-order valence-electron chi connectivity index (χ3n) is 5.72. The second-order valence-electron chi connectivity index (χ2n) is 7.43. The molecular formula is C21H30N4O2.